The van der Waals surface area contributed by atoms with Gasteiger partial charge in [-0.2, -0.15) is 5.10 Å². The molecule has 8 nitrogen and oxygen atoms in total. The predicted molar refractivity (Wildman–Crippen MR) is 97.3 cm³/mol. The molecule has 4 heterocycles. The Kier molecular flexibility index (Phi) is 4.59. The van der Waals surface area contributed by atoms with E-state index in [4.69, 9.17) is 14.7 Å². The van der Waals surface area contributed by atoms with Gasteiger partial charge < -0.3 is 15.4 Å². The minimum Gasteiger partial charge on any atom is -0.382 e. The van der Waals surface area contributed by atoms with Crippen molar-refractivity contribution in [3.8, 4) is 11.4 Å². The lowest BCUT2D eigenvalue weighted by atomic mass is 10.1. The maximum absolute atomic E-state index is 5.42. The Bertz CT molecular complexity index is 894. The summed E-state index contributed by atoms with van der Waals surface area (Å²) in [6.07, 6.45) is 5.29. The van der Waals surface area contributed by atoms with Gasteiger partial charge in [-0.1, -0.05) is 0 Å². The van der Waals surface area contributed by atoms with Crippen LogP contribution in [0, 0.1) is 0 Å². The first-order valence-electron chi connectivity index (χ1n) is 8.50. The normalized spacial score (nSPS) is 14.2. The summed E-state index contributed by atoms with van der Waals surface area (Å²) in [6, 6.07) is 5.76. The minimum atomic E-state index is -0.0580. The highest BCUT2D eigenvalue weighted by Crippen LogP contribution is 2.28. The van der Waals surface area contributed by atoms with Crippen LogP contribution in [0.2, 0.25) is 0 Å². The van der Waals surface area contributed by atoms with Crippen LogP contribution in [0.15, 0.2) is 36.8 Å². The lowest BCUT2D eigenvalue weighted by Crippen LogP contribution is -2.21. The second-order valence-corrected chi connectivity index (χ2v) is 6.19. The molecule has 2 N–H and O–H groups in total. The Morgan fingerprint density at radius 3 is 2.77 bits per heavy atom. The van der Waals surface area contributed by atoms with Gasteiger partial charge in [0.1, 0.15) is 5.82 Å². The molecule has 8 heteroatoms. The molecule has 0 unspecified atom stereocenters. The second-order valence-electron chi connectivity index (χ2n) is 6.19. The van der Waals surface area contributed by atoms with Gasteiger partial charge in [0.2, 0.25) is 0 Å². The molecular weight excluding hydrogens is 330 g/mol. The third-order valence-electron chi connectivity index (χ3n) is 4.49. The number of pyridine rings is 1. The number of anilines is 1. The lowest BCUT2D eigenvalue weighted by molar-refractivity contribution is 0.184. The molecule has 3 aromatic heterocycles. The highest BCUT2D eigenvalue weighted by molar-refractivity contribution is 5.60. The van der Waals surface area contributed by atoms with Gasteiger partial charge >= 0.3 is 0 Å². The summed E-state index contributed by atoms with van der Waals surface area (Å²) >= 11 is 0. The third kappa shape index (κ3) is 3.16. The molecule has 0 aliphatic carbocycles. The molecule has 4 rings (SSSR count). The molecule has 0 aromatic carbocycles. The van der Waals surface area contributed by atoms with Crippen molar-refractivity contribution in [1.29, 1.82) is 0 Å². The molecule has 0 fully saturated rings. The van der Waals surface area contributed by atoms with Crippen LogP contribution in [0.1, 0.15) is 23.0 Å². The van der Waals surface area contributed by atoms with Crippen LogP contribution in [0.3, 0.4) is 0 Å². The van der Waals surface area contributed by atoms with Crippen LogP contribution in [-0.2, 0) is 24.9 Å². The van der Waals surface area contributed by atoms with Crippen LogP contribution < -0.4 is 10.6 Å². The average Bonchev–Trinajstić information content (AvgIpc) is 3.31. The number of hydrogen-bond acceptors (Lipinski definition) is 7. The molecule has 1 atom stereocenters. The van der Waals surface area contributed by atoms with E-state index < -0.39 is 0 Å². The van der Waals surface area contributed by atoms with Gasteiger partial charge in [0.25, 0.3) is 0 Å². The van der Waals surface area contributed by atoms with E-state index in [1.165, 1.54) is 0 Å². The lowest BCUT2D eigenvalue weighted by Gasteiger charge is -2.21. The highest BCUT2D eigenvalue weighted by Gasteiger charge is 2.23. The van der Waals surface area contributed by atoms with Crippen molar-refractivity contribution >= 4 is 5.82 Å². The number of ether oxygens (including phenoxy) is 1. The Labute approximate surface area is 151 Å². The summed E-state index contributed by atoms with van der Waals surface area (Å²) in [6.45, 7) is 2.00. The number of rotatable bonds is 6. The maximum atomic E-state index is 5.42. The molecule has 0 radical (unpaired) electrons. The van der Waals surface area contributed by atoms with Crippen molar-refractivity contribution in [2.75, 3.05) is 19.0 Å². The summed E-state index contributed by atoms with van der Waals surface area (Å²) in [5.41, 5.74) is 4.11. The first-order valence-corrected chi connectivity index (χ1v) is 8.50. The van der Waals surface area contributed by atoms with Crippen molar-refractivity contribution in [1.82, 2.24) is 30.0 Å². The first kappa shape index (κ1) is 16.6. The fraction of sp³-hybridized carbons (Fsp3) is 0.333. The van der Waals surface area contributed by atoms with Crippen molar-refractivity contribution in [3.05, 3.63) is 53.7 Å². The van der Waals surface area contributed by atoms with Crippen LogP contribution in [0.5, 0.6) is 0 Å². The fourth-order valence-corrected chi connectivity index (χ4v) is 3.18. The molecule has 1 aliphatic rings. The van der Waals surface area contributed by atoms with Crippen LogP contribution in [0.4, 0.5) is 5.82 Å². The monoisotopic (exact) mass is 351 g/mol. The van der Waals surface area contributed by atoms with Gasteiger partial charge in [0.15, 0.2) is 5.82 Å². The number of nitrogens with zero attached hydrogens (tertiary/aromatic N) is 5. The molecule has 1 aliphatic heterocycles. The first-order chi connectivity index (χ1) is 12.8. The van der Waals surface area contributed by atoms with Gasteiger partial charge in [-0.05, 0) is 18.2 Å². The van der Waals surface area contributed by atoms with E-state index in [1.807, 2.05) is 29.9 Å². The summed E-state index contributed by atoms with van der Waals surface area (Å²) < 4.78 is 7.27. The topological polar surface area (TPSA) is 89.8 Å². The Balaban J connectivity index is 1.73. The van der Waals surface area contributed by atoms with Crippen molar-refractivity contribution in [2.24, 2.45) is 7.05 Å². The van der Waals surface area contributed by atoms with Crippen LogP contribution in [0.25, 0.3) is 11.4 Å². The molecule has 3 aromatic rings. The van der Waals surface area contributed by atoms with E-state index in [9.17, 15) is 0 Å². The summed E-state index contributed by atoms with van der Waals surface area (Å²) in [7, 11) is 3.62. The molecule has 0 bridgehead atoms. The molecule has 0 amide bonds. The van der Waals surface area contributed by atoms with Gasteiger partial charge in [-0.15, -0.1) is 0 Å². The SMILES string of the molecule is COC[C@H](Nc1nc(-c2ccncc2)nc2c1CNC2)c1ccnn1C. The highest BCUT2D eigenvalue weighted by atomic mass is 16.5. The van der Waals surface area contributed by atoms with Gasteiger partial charge in [-0.25, -0.2) is 9.97 Å². The third-order valence-corrected chi connectivity index (χ3v) is 4.49. The van der Waals surface area contributed by atoms with Gasteiger partial charge in [-0.3, -0.25) is 9.67 Å². The number of aromatic nitrogens is 5. The minimum absolute atomic E-state index is 0.0580. The largest absolute Gasteiger partial charge is 0.382 e. The maximum Gasteiger partial charge on any atom is 0.161 e. The standard InChI is InChI=1S/C18H21N7O/c1-25-16(5-8-21-25)15(11-26-2)23-18-13-9-20-10-14(13)22-17(24-18)12-3-6-19-7-4-12/h3-8,15,20H,9-11H2,1-2H3,(H,22,23,24)/t15-/m0/s1. The molecule has 26 heavy (non-hydrogen) atoms. The summed E-state index contributed by atoms with van der Waals surface area (Å²) in [4.78, 5) is 13.6. The Hall–Kier alpha value is -2.84. The molecule has 0 saturated carbocycles. The van der Waals surface area contributed by atoms with Crippen LogP contribution in [-0.4, -0.2) is 38.4 Å². The van der Waals surface area contributed by atoms with Crippen molar-refractivity contribution in [3.63, 3.8) is 0 Å². The molecular formula is C18H21N7O. The zero-order valence-electron chi connectivity index (χ0n) is 14.8. The Morgan fingerprint density at radius 1 is 1.19 bits per heavy atom. The van der Waals surface area contributed by atoms with E-state index in [0.717, 1.165) is 41.4 Å². The number of fused-ring (bicyclic) bond motifs is 1. The van der Waals surface area contributed by atoms with E-state index >= 15 is 0 Å². The number of aryl methyl sites for hydroxylation is 1. The fourth-order valence-electron chi connectivity index (χ4n) is 3.18. The second kappa shape index (κ2) is 7.19. The van der Waals surface area contributed by atoms with Crippen molar-refractivity contribution in [2.45, 2.75) is 19.1 Å². The van der Waals surface area contributed by atoms with E-state index in [1.54, 1.807) is 25.7 Å². The summed E-state index contributed by atoms with van der Waals surface area (Å²) in [5.74, 6) is 1.52. The van der Waals surface area contributed by atoms with Crippen molar-refractivity contribution < 1.29 is 4.74 Å². The zero-order valence-corrected chi connectivity index (χ0v) is 14.8. The molecule has 134 valence electrons. The predicted octanol–water partition coefficient (Wildman–Crippen LogP) is 1.67. The Morgan fingerprint density at radius 2 is 2.04 bits per heavy atom. The summed E-state index contributed by atoms with van der Waals surface area (Å²) in [5, 5.41) is 11.2. The molecule has 0 spiro atoms. The van der Waals surface area contributed by atoms with Gasteiger partial charge in [0, 0.05) is 57.0 Å². The number of methoxy groups -OCH3 is 1. The average molecular weight is 351 g/mol. The quantitative estimate of drug-likeness (QED) is 0.698. The van der Waals surface area contributed by atoms with Crippen LogP contribution >= 0.6 is 0 Å². The van der Waals surface area contributed by atoms with E-state index in [-0.39, 0.29) is 6.04 Å². The molecule has 0 saturated heterocycles. The van der Waals surface area contributed by atoms with Gasteiger partial charge in [0.05, 0.1) is 24.0 Å². The smallest absolute Gasteiger partial charge is 0.161 e. The number of nitrogens with one attached hydrogen (secondary N) is 2. The van der Waals surface area contributed by atoms with E-state index in [2.05, 4.69) is 20.7 Å². The van der Waals surface area contributed by atoms with E-state index in [0.29, 0.717) is 12.4 Å². The zero-order chi connectivity index (χ0) is 17.9. The number of hydrogen-bond donors (Lipinski definition) is 2.